The number of para-hydroxylation sites is 1. The fraction of sp³-hybridized carbons (Fsp3) is 0.0870. The first-order chi connectivity index (χ1) is 23.1. The van der Waals surface area contributed by atoms with Crippen molar-refractivity contribution >= 4 is 21.8 Å². The van der Waals surface area contributed by atoms with Crippen LogP contribution in [0.15, 0.2) is 164 Å². The van der Waals surface area contributed by atoms with Crippen LogP contribution in [0.3, 0.4) is 0 Å². The molecule has 0 aliphatic heterocycles. The average Bonchev–Trinajstić information content (AvgIpc) is 3.69. The molecule has 1 nitrogen and oxygen atoms in total. The zero-order valence-corrected chi connectivity index (χ0v) is 26.5. The van der Waals surface area contributed by atoms with Crippen LogP contribution in [0.4, 0.5) is 0 Å². The first-order valence-electron chi connectivity index (χ1n) is 16.6. The molecule has 0 radical (unpaired) electrons. The van der Waals surface area contributed by atoms with E-state index in [2.05, 4.69) is 182 Å². The first-order valence-corrected chi connectivity index (χ1v) is 16.6. The molecule has 2 aliphatic carbocycles. The Morgan fingerprint density at radius 1 is 0.383 bits per heavy atom. The van der Waals surface area contributed by atoms with Gasteiger partial charge in [0.25, 0.3) is 0 Å². The third-order valence-corrected chi connectivity index (χ3v) is 11.1. The van der Waals surface area contributed by atoms with Crippen LogP contribution in [-0.2, 0) is 10.8 Å². The van der Waals surface area contributed by atoms with E-state index in [4.69, 9.17) is 0 Å². The van der Waals surface area contributed by atoms with Crippen LogP contribution in [0.25, 0.3) is 49.7 Å². The SMILES string of the molecule is CC1(C)c2ccccc2-c2cc(-n3c4ccccc4c4cc5c(cc43)-c3ccccc3C5(c3ccccc3)c3ccccc3)ccc21. The van der Waals surface area contributed by atoms with Crippen molar-refractivity contribution < 1.29 is 0 Å². The standard InChI is InChI=1S/C46H33N/c1-45(2)39-22-12-9-19-33(39)36-27-32(25-26-40(36)45)47-43-24-14-11-21-35(43)38-28-42-37(29-44(38)47)34-20-10-13-23-41(34)46(42,30-15-5-3-6-16-30)31-17-7-4-8-18-31/h3-29H,1-2H3. The molecule has 2 aliphatic rings. The molecule has 7 aromatic carbocycles. The lowest BCUT2D eigenvalue weighted by atomic mass is 9.67. The topological polar surface area (TPSA) is 4.93 Å². The van der Waals surface area contributed by atoms with Crippen molar-refractivity contribution in [2.24, 2.45) is 0 Å². The summed E-state index contributed by atoms with van der Waals surface area (Å²) in [5.74, 6) is 0. The van der Waals surface area contributed by atoms with Gasteiger partial charge in [-0.05, 0) is 86.0 Å². The van der Waals surface area contributed by atoms with Gasteiger partial charge in [0.1, 0.15) is 0 Å². The molecular formula is C46H33N. The number of fused-ring (bicyclic) bond motifs is 9. The summed E-state index contributed by atoms with van der Waals surface area (Å²) in [5, 5.41) is 2.56. The smallest absolute Gasteiger partial charge is 0.0713 e. The molecule has 47 heavy (non-hydrogen) atoms. The van der Waals surface area contributed by atoms with Crippen molar-refractivity contribution in [2.75, 3.05) is 0 Å². The van der Waals surface area contributed by atoms with Gasteiger partial charge in [0.15, 0.2) is 0 Å². The van der Waals surface area contributed by atoms with Crippen molar-refractivity contribution in [3.8, 4) is 27.9 Å². The highest BCUT2D eigenvalue weighted by Crippen LogP contribution is 2.57. The molecule has 0 saturated heterocycles. The van der Waals surface area contributed by atoms with Gasteiger partial charge in [-0.2, -0.15) is 0 Å². The third kappa shape index (κ3) is 3.39. The maximum Gasteiger partial charge on any atom is 0.0713 e. The number of nitrogens with zero attached hydrogens (tertiary/aromatic N) is 1. The third-order valence-electron chi connectivity index (χ3n) is 11.1. The summed E-state index contributed by atoms with van der Waals surface area (Å²) in [5.41, 5.74) is 16.6. The van der Waals surface area contributed by atoms with Gasteiger partial charge in [-0.3, -0.25) is 0 Å². The van der Waals surface area contributed by atoms with Crippen LogP contribution >= 0.6 is 0 Å². The second-order valence-corrected chi connectivity index (χ2v) is 13.7. The summed E-state index contributed by atoms with van der Waals surface area (Å²) in [7, 11) is 0. The van der Waals surface area contributed by atoms with E-state index in [0.717, 1.165) is 0 Å². The Labute approximate surface area is 275 Å². The molecule has 8 aromatic rings. The Morgan fingerprint density at radius 3 is 1.66 bits per heavy atom. The molecule has 10 rings (SSSR count). The zero-order chi connectivity index (χ0) is 31.3. The lowest BCUT2D eigenvalue weighted by Gasteiger charge is -2.34. The van der Waals surface area contributed by atoms with E-state index in [1.54, 1.807) is 0 Å². The van der Waals surface area contributed by atoms with Crippen molar-refractivity contribution in [3.63, 3.8) is 0 Å². The number of hydrogen-bond acceptors (Lipinski definition) is 0. The number of benzene rings is 7. The summed E-state index contributed by atoms with van der Waals surface area (Å²) in [6, 6.07) is 61.2. The van der Waals surface area contributed by atoms with Gasteiger partial charge in [-0.25, -0.2) is 0 Å². The van der Waals surface area contributed by atoms with Crippen molar-refractivity contribution in [1.29, 1.82) is 0 Å². The van der Waals surface area contributed by atoms with Crippen molar-refractivity contribution in [3.05, 3.63) is 197 Å². The molecule has 1 heteroatoms. The summed E-state index contributed by atoms with van der Waals surface area (Å²) in [6.45, 7) is 4.70. The summed E-state index contributed by atoms with van der Waals surface area (Å²) < 4.78 is 2.49. The fourth-order valence-corrected chi connectivity index (χ4v) is 9.03. The number of rotatable bonds is 3. The van der Waals surface area contributed by atoms with E-state index >= 15 is 0 Å². The predicted octanol–water partition coefficient (Wildman–Crippen LogP) is 11.5. The van der Waals surface area contributed by atoms with E-state index in [1.165, 1.54) is 83.1 Å². The number of aromatic nitrogens is 1. The minimum Gasteiger partial charge on any atom is -0.309 e. The Balaban J connectivity index is 1.31. The Morgan fingerprint density at radius 2 is 0.936 bits per heavy atom. The van der Waals surface area contributed by atoms with Gasteiger partial charge in [-0.15, -0.1) is 0 Å². The molecule has 0 amide bonds. The second-order valence-electron chi connectivity index (χ2n) is 13.7. The van der Waals surface area contributed by atoms with Gasteiger partial charge >= 0.3 is 0 Å². The molecule has 0 fully saturated rings. The lowest BCUT2D eigenvalue weighted by Crippen LogP contribution is -2.28. The quantitative estimate of drug-likeness (QED) is 0.190. The Bertz CT molecular complexity index is 2490. The van der Waals surface area contributed by atoms with Crippen LogP contribution in [0.5, 0.6) is 0 Å². The summed E-state index contributed by atoms with van der Waals surface area (Å²) >= 11 is 0. The monoisotopic (exact) mass is 599 g/mol. The Hall–Kier alpha value is -5.66. The van der Waals surface area contributed by atoms with Gasteiger partial charge in [0, 0.05) is 21.9 Å². The Kier molecular flexibility index (Phi) is 5.33. The molecule has 222 valence electrons. The van der Waals surface area contributed by atoms with Crippen LogP contribution in [-0.4, -0.2) is 4.57 Å². The summed E-state index contributed by atoms with van der Waals surface area (Å²) in [4.78, 5) is 0. The molecule has 0 N–H and O–H groups in total. The van der Waals surface area contributed by atoms with Crippen molar-refractivity contribution in [1.82, 2.24) is 4.57 Å². The molecule has 0 spiro atoms. The van der Waals surface area contributed by atoms with Crippen LogP contribution in [0.1, 0.15) is 47.2 Å². The molecule has 1 heterocycles. The van der Waals surface area contributed by atoms with Gasteiger partial charge < -0.3 is 4.57 Å². The second kappa shape index (κ2) is 9.44. The molecule has 0 atom stereocenters. The highest BCUT2D eigenvalue weighted by Gasteiger charge is 2.46. The van der Waals surface area contributed by atoms with Gasteiger partial charge in [0.2, 0.25) is 0 Å². The fourth-order valence-electron chi connectivity index (χ4n) is 9.03. The van der Waals surface area contributed by atoms with E-state index < -0.39 is 5.41 Å². The molecule has 0 bridgehead atoms. The highest BCUT2D eigenvalue weighted by atomic mass is 15.0. The van der Waals surface area contributed by atoms with E-state index in [9.17, 15) is 0 Å². The molecular weight excluding hydrogens is 567 g/mol. The first kappa shape index (κ1) is 26.5. The minimum atomic E-state index is -0.422. The molecule has 1 aromatic heterocycles. The highest BCUT2D eigenvalue weighted by molar-refractivity contribution is 6.12. The summed E-state index contributed by atoms with van der Waals surface area (Å²) in [6.07, 6.45) is 0. The van der Waals surface area contributed by atoms with Crippen LogP contribution < -0.4 is 0 Å². The lowest BCUT2D eigenvalue weighted by molar-refractivity contribution is 0.660. The van der Waals surface area contributed by atoms with Crippen LogP contribution in [0, 0.1) is 0 Å². The van der Waals surface area contributed by atoms with E-state index in [-0.39, 0.29) is 5.41 Å². The molecule has 0 unspecified atom stereocenters. The number of hydrogen-bond donors (Lipinski definition) is 0. The zero-order valence-electron chi connectivity index (χ0n) is 26.5. The molecule has 0 saturated carbocycles. The maximum atomic E-state index is 2.51. The van der Waals surface area contributed by atoms with E-state index in [0.29, 0.717) is 0 Å². The normalized spacial score (nSPS) is 14.9. The minimum absolute atomic E-state index is 0.0198. The van der Waals surface area contributed by atoms with E-state index in [1.807, 2.05) is 0 Å². The largest absolute Gasteiger partial charge is 0.309 e. The van der Waals surface area contributed by atoms with Gasteiger partial charge in [0.05, 0.1) is 16.4 Å². The average molecular weight is 600 g/mol. The predicted molar refractivity (Wildman–Crippen MR) is 196 cm³/mol. The van der Waals surface area contributed by atoms with Gasteiger partial charge in [-0.1, -0.05) is 147 Å². The van der Waals surface area contributed by atoms with Crippen LogP contribution in [0.2, 0.25) is 0 Å². The van der Waals surface area contributed by atoms with Crippen molar-refractivity contribution in [2.45, 2.75) is 24.7 Å². The maximum absolute atomic E-state index is 2.51.